The third-order valence-electron chi connectivity index (χ3n) is 4.22. The summed E-state index contributed by atoms with van der Waals surface area (Å²) in [5, 5.41) is 4.14. The first-order chi connectivity index (χ1) is 12.1. The Labute approximate surface area is 159 Å². The largest absolute Gasteiger partial charge is 0.360 e. The zero-order valence-corrected chi connectivity index (χ0v) is 15.5. The maximum Gasteiger partial charge on any atom is 0.262 e. The number of halogens is 2. The lowest BCUT2D eigenvalue weighted by atomic mass is 10.0. The van der Waals surface area contributed by atoms with E-state index in [1.807, 2.05) is 72.8 Å². The Morgan fingerprint density at radius 3 is 2.32 bits per heavy atom. The van der Waals surface area contributed by atoms with Gasteiger partial charge in [-0.1, -0.05) is 51.8 Å². The molecule has 0 spiro atoms. The van der Waals surface area contributed by atoms with Gasteiger partial charge in [-0.15, -0.1) is 0 Å². The second kappa shape index (κ2) is 6.54. The normalized spacial score (nSPS) is 16.3. The monoisotopic (exact) mass is 412 g/mol. The van der Waals surface area contributed by atoms with E-state index in [-0.39, 0.29) is 12.1 Å². The molecule has 0 aromatic heterocycles. The Morgan fingerprint density at radius 1 is 0.920 bits per heavy atom. The summed E-state index contributed by atoms with van der Waals surface area (Å²) in [4.78, 5) is 15.0. The lowest BCUT2D eigenvalue weighted by Gasteiger charge is -2.38. The summed E-state index contributed by atoms with van der Waals surface area (Å²) in [6.45, 7) is 0. The SMILES string of the molecule is O=C1c2ccccc2N[C@H](c2ccc(Cl)cc2)N1c1ccc(Br)cc1. The zero-order chi connectivity index (χ0) is 17.4. The molecule has 1 atom stereocenters. The van der Waals surface area contributed by atoms with Crippen LogP contribution in [-0.4, -0.2) is 5.91 Å². The number of nitrogens with one attached hydrogen (secondary N) is 1. The highest BCUT2D eigenvalue weighted by atomic mass is 79.9. The molecule has 0 bridgehead atoms. The Morgan fingerprint density at radius 2 is 1.60 bits per heavy atom. The van der Waals surface area contributed by atoms with E-state index in [1.165, 1.54) is 0 Å². The Hall–Kier alpha value is -2.30. The highest BCUT2D eigenvalue weighted by Crippen LogP contribution is 2.37. The van der Waals surface area contributed by atoms with Crippen molar-refractivity contribution < 1.29 is 4.79 Å². The molecule has 1 heterocycles. The lowest BCUT2D eigenvalue weighted by Crippen LogP contribution is -2.43. The first kappa shape index (κ1) is 16.2. The van der Waals surface area contributed by atoms with Crippen molar-refractivity contribution in [3.05, 3.63) is 93.4 Å². The fourth-order valence-corrected chi connectivity index (χ4v) is 3.39. The van der Waals surface area contributed by atoms with Crippen LogP contribution in [-0.2, 0) is 0 Å². The van der Waals surface area contributed by atoms with Gasteiger partial charge in [0.25, 0.3) is 5.91 Å². The van der Waals surface area contributed by atoms with E-state index in [0.29, 0.717) is 10.6 Å². The predicted octanol–water partition coefficient (Wildman–Crippen LogP) is 5.87. The third-order valence-corrected chi connectivity index (χ3v) is 5.00. The van der Waals surface area contributed by atoms with Crippen molar-refractivity contribution >= 4 is 44.8 Å². The molecule has 0 saturated carbocycles. The van der Waals surface area contributed by atoms with Crippen LogP contribution in [0.3, 0.4) is 0 Å². The van der Waals surface area contributed by atoms with Crippen molar-refractivity contribution in [2.24, 2.45) is 0 Å². The van der Waals surface area contributed by atoms with Gasteiger partial charge in [0.15, 0.2) is 0 Å². The second-order valence-corrected chi connectivity index (χ2v) is 7.15. The molecule has 124 valence electrons. The van der Waals surface area contributed by atoms with Crippen LogP contribution < -0.4 is 10.2 Å². The molecule has 0 unspecified atom stereocenters. The number of hydrogen-bond acceptors (Lipinski definition) is 2. The van der Waals surface area contributed by atoms with Crippen molar-refractivity contribution in [3.8, 4) is 0 Å². The summed E-state index contributed by atoms with van der Waals surface area (Å²) in [6, 6.07) is 22.8. The number of benzene rings is 3. The van der Waals surface area contributed by atoms with E-state index in [0.717, 1.165) is 21.4 Å². The van der Waals surface area contributed by atoms with Crippen LogP contribution in [0.25, 0.3) is 0 Å². The molecule has 1 amide bonds. The van der Waals surface area contributed by atoms with Gasteiger partial charge in [-0.25, -0.2) is 0 Å². The van der Waals surface area contributed by atoms with Gasteiger partial charge in [-0.2, -0.15) is 0 Å². The molecule has 5 heteroatoms. The van der Waals surface area contributed by atoms with Crippen LogP contribution >= 0.6 is 27.5 Å². The van der Waals surface area contributed by atoms with Crippen molar-refractivity contribution in [1.29, 1.82) is 0 Å². The Balaban J connectivity index is 1.85. The number of nitrogens with zero attached hydrogens (tertiary/aromatic N) is 1. The van der Waals surface area contributed by atoms with Gasteiger partial charge in [0.2, 0.25) is 0 Å². The van der Waals surface area contributed by atoms with Gasteiger partial charge in [0.1, 0.15) is 6.17 Å². The molecule has 1 N–H and O–H groups in total. The minimum absolute atomic E-state index is 0.0309. The highest BCUT2D eigenvalue weighted by molar-refractivity contribution is 9.10. The van der Waals surface area contributed by atoms with E-state index < -0.39 is 0 Å². The fraction of sp³-hybridized carbons (Fsp3) is 0.0500. The van der Waals surface area contributed by atoms with E-state index in [2.05, 4.69) is 21.2 Å². The lowest BCUT2D eigenvalue weighted by molar-refractivity contribution is 0.0975. The fourth-order valence-electron chi connectivity index (χ4n) is 3.00. The summed E-state index contributed by atoms with van der Waals surface area (Å²) in [7, 11) is 0. The standard InChI is InChI=1S/C20H14BrClN2O/c21-14-7-11-16(12-8-14)24-19(13-5-9-15(22)10-6-13)23-18-4-2-1-3-17(18)20(24)25/h1-12,19,23H/t19-/m0/s1. The van der Waals surface area contributed by atoms with Crippen LogP contribution in [0.15, 0.2) is 77.3 Å². The molecular weight excluding hydrogens is 400 g/mol. The smallest absolute Gasteiger partial charge is 0.262 e. The van der Waals surface area contributed by atoms with E-state index in [9.17, 15) is 4.79 Å². The molecule has 0 radical (unpaired) electrons. The predicted molar refractivity (Wildman–Crippen MR) is 105 cm³/mol. The first-order valence-corrected chi connectivity index (χ1v) is 9.01. The van der Waals surface area contributed by atoms with Crippen LogP contribution in [0.1, 0.15) is 22.1 Å². The zero-order valence-electron chi connectivity index (χ0n) is 13.1. The maximum atomic E-state index is 13.2. The number of rotatable bonds is 2. The quantitative estimate of drug-likeness (QED) is 0.569. The maximum absolute atomic E-state index is 13.2. The molecule has 3 nitrogen and oxygen atoms in total. The minimum Gasteiger partial charge on any atom is -0.360 e. The van der Waals surface area contributed by atoms with Crippen molar-refractivity contribution in [1.82, 2.24) is 0 Å². The minimum atomic E-state index is -0.305. The first-order valence-electron chi connectivity index (χ1n) is 7.83. The van der Waals surface area contributed by atoms with Gasteiger partial charge < -0.3 is 5.32 Å². The number of carbonyl (C=O) groups excluding carboxylic acids is 1. The van der Waals surface area contributed by atoms with Crippen LogP contribution in [0.5, 0.6) is 0 Å². The van der Waals surface area contributed by atoms with Gasteiger partial charge in [-0.05, 0) is 54.1 Å². The molecule has 0 aliphatic carbocycles. The van der Waals surface area contributed by atoms with Crippen LogP contribution in [0.2, 0.25) is 5.02 Å². The number of para-hydroxylation sites is 1. The average molecular weight is 414 g/mol. The van der Waals surface area contributed by atoms with Gasteiger partial charge >= 0.3 is 0 Å². The molecule has 1 aliphatic heterocycles. The third kappa shape index (κ3) is 3.03. The summed E-state index contributed by atoms with van der Waals surface area (Å²) >= 11 is 9.47. The summed E-state index contributed by atoms with van der Waals surface area (Å²) in [5.41, 5.74) is 3.29. The van der Waals surface area contributed by atoms with Crippen molar-refractivity contribution in [2.75, 3.05) is 10.2 Å². The van der Waals surface area contributed by atoms with E-state index in [1.54, 1.807) is 4.90 Å². The Bertz CT molecular complexity index is 925. The molecule has 0 saturated heterocycles. The molecule has 0 fully saturated rings. The van der Waals surface area contributed by atoms with Crippen molar-refractivity contribution in [3.63, 3.8) is 0 Å². The van der Waals surface area contributed by atoms with Crippen molar-refractivity contribution in [2.45, 2.75) is 6.17 Å². The topological polar surface area (TPSA) is 32.3 Å². The number of amides is 1. The highest BCUT2D eigenvalue weighted by Gasteiger charge is 2.33. The second-order valence-electron chi connectivity index (χ2n) is 5.80. The Kier molecular flexibility index (Phi) is 4.24. The van der Waals surface area contributed by atoms with Crippen LogP contribution in [0.4, 0.5) is 11.4 Å². The molecule has 3 aromatic carbocycles. The molecule has 3 aromatic rings. The van der Waals surface area contributed by atoms with E-state index in [4.69, 9.17) is 11.6 Å². The molecular formula is C20H14BrClN2O. The number of anilines is 2. The summed E-state index contributed by atoms with van der Waals surface area (Å²) < 4.78 is 0.970. The number of fused-ring (bicyclic) bond motifs is 1. The van der Waals surface area contributed by atoms with Crippen LogP contribution in [0, 0.1) is 0 Å². The van der Waals surface area contributed by atoms with Gasteiger partial charge in [0.05, 0.1) is 5.56 Å². The number of carbonyl (C=O) groups is 1. The average Bonchev–Trinajstić information content (AvgIpc) is 2.63. The molecule has 25 heavy (non-hydrogen) atoms. The number of hydrogen-bond donors (Lipinski definition) is 1. The molecule has 1 aliphatic rings. The van der Waals surface area contributed by atoms with E-state index >= 15 is 0 Å². The summed E-state index contributed by atoms with van der Waals surface area (Å²) in [6.07, 6.45) is -0.305. The van der Waals surface area contributed by atoms with Gasteiger partial charge in [-0.3, -0.25) is 9.69 Å². The van der Waals surface area contributed by atoms with Gasteiger partial charge in [0, 0.05) is 20.9 Å². The molecule has 4 rings (SSSR count). The summed E-state index contributed by atoms with van der Waals surface area (Å²) in [5.74, 6) is -0.0309.